The van der Waals surface area contributed by atoms with Gasteiger partial charge in [0, 0.05) is 24.6 Å². The van der Waals surface area contributed by atoms with Gasteiger partial charge in [0.25, 0.3) is 0 Å². The van der Waals surface area contributed by atoms with Gasteiger partial charge in [0.2, 0.25) is 0 Å². The zero-order chi connectivity index (χ0) is 10.5. The second-order valence-corrected chi connectivity index (χ2v) is 4.89. The summed E-state index contributed by atoms with van der Waals surface area (Å²) in [5.74, 6) is 0. The number of nitrogens with one attached hydrogen (secondary N) is 1. The summed E-state index contributed by atoms with van der Waals surface area (Å²) in [6.45, 7) is 5.05. The van der Waals surface area contributed by atoms with E-state index < -0.39 is 0 Å². The van der Waals surface area contributed by atoms with Crippen molar-refractivity contribution >= 4 is 11.3 Å². The molecule has 0 aliphatic carbocycles. The molecule has 1 aliphatic rings. The number of aromatic nitrogens is 1. The quantitative estimate of drug-likeness (QED) is 0.777. The van der Waals surface area contributed by atoms with Crippen molar-refractivity contribution in [3.05, 3.63) is 16.1 Å². The molecule has 0 radical (unpaired) electrons. The van der Waals surface area contributed by atoms with E-state index in [-0.39, 0.29) is 0 Å². The van der Waals surface area contributed by atoms with Crippen molar-refractivity contribution in [2.45, 2.75) is 32.3 Å². The van der Waals surface area contributed by atoms with Gasteiger partial charge in [-0.25, -0.2) is 4.98 Å². The largest absolute Gasteiger partial charge is 0.377 e. The van der Waals surface area contributed by atoms with Crippen molar-refractivity contribution in [3.63, 3.8) is 0 Å². The summed E-state index contributed by atoms with van der Waals surface area (Å²) in [7, 11) is 0. The first kappa shape index (κ1) is 11.0. The van der Waals surface area contributed by atoms with E-state index in [9.17, 15) is 0 Å². The highest BCUT2D eigenvalue weighted by Gasteiger charge is 2.14. The molecule has 84 valence electrons. The maximum Gasteiger partial charge on any atom is 0.0797 e. The van der Waals surface area contributed by atoms with Gasteiger partial charge in [-0.1, -0.05) is 0 Å². The predicted molar refractivity (Wildman–Crippen MR) is 62.4 cm³/mol. The summed E-state index contributed by atoms with van der Waals surface area (Å²) in [5, 5.41) is 3.45. The van der Waals surface area contributed by atoms with Crippen LogP contribution in [-0.2, 0) is 11.2 Å². The number of hydrogen-bond donors (Lipinski definition) is 1. The van der Waals surface area contributed by atoms with Crippen molar-refractivity contribution in [1.82, 2.24) is 10.3 Å². The van der Waals surface area contributed by atoms with Gasteiger partial charge in [-0.3, -0.25) is 0 Å². The van der Waals surface area contributed by atoms with Crippen molar-refractivity contribution in [2.24, 2.45) is 0 Å². The maximum atomic E-state index is 5.54. The third-order valence-corrected chi connectivity index (χ3v) is 3.76. The van der Waals surface area contributed by atoms with E-state index in [1.165, 1.54) is 23.4 Å². The zero-order valence-corrected chi connectivity index (χ0v) is 9.98. The van der Waals surface area contributed by atoms with Crippen molar-refractivity contribution in [2.75, 3.05) is 19.7 Å². The van der Waals surface area contributed by atoms with Crippen LogP contribution in [0.2, 0.25) is 0 Å². The molecule has 1 fully saturated rings. The molecule has 1 saturated heterocycles. The molecule has 1 aliphatic heterocycles. The predicted octanol–water partition coefficient (Wildman–Crippen LogP) is 1.76. The van der Waals surface area contributed by atoms with Crippen LogP contribution >= 0.6 is 11.3 Å². The Hall–Kier alpha value is -0.450. The Balaban J connectivity index is 1.60. The molecule has 2 rings (SSSR count). The number of ether oxygens (including phenoxy) is 1. The van der Waals surface area contributed by atoms with Crippen LogP contribution in [0.5, 0.6) is 0 Å². The molecule has 1 N–H and O–H groups in total. The molecule has 0 bridgehead atoms. The molecular formula is C11H18N2OS. The molecule has 1 aromatic heterocycles. The number of thiazole rings is 1. The minimum atomic E-state index is 0.451. The summed E-state index contributed by atoms with van der Waals surface area (Å²) in [6.07, 6.45) is 3.98. The van der Waals surface area contributed by atoms with E-state index in [2.05, 4.69) is 17.2 Å². The van der Waals surface area contributed by atoms with Crippen LogP contribution in [0.3, 0.4) is 0 Å². The Morgan fingerprint density at radius 2 is 2.60 bits per heavy atom. The highest BCUT2D eigenvalue weighted by atomic mass is 32.1. The molecule has 0 aromatic carbocycles. The summed E-state index contributed by atoms with van der Waals surface area (Å²) < 4.78 is 5.54. The molecule has 2 heterocycles. The van der Waals surface area contributed by atoms with Crippen LogP contribution in [0, 0.1) is 6.92 Å². The van der Waals surface area contributed by atoms with Gasteiger partial charge >= 0.3 is 0 Å². The Labute approximate surface area is 94.9 Å². The molecule has 1 atom stereocenters. The van der Waals surface area contributed by atoms with Gasteiger partial charge in [0.05, 0.1) is 17.3 Å². The standard InChI is InChI=1S/C11H18N2OS/c1-9-11(15-8-13-9)4-5-12-7-10-3-2-6-14-10/h8,10,12H,2-7H2,1H3. The SMILES string of the molecule is Cc1ncsc1CCNCC1CCCO1. The average molecular weight is 226 g/mol. The molecule has 4 heteroatoms. The highest BCUT2D eigenvalue weighted by Crippen LogP contribution is 2.13. The fourth-order valence-corrected chi connectivity index (χ4v) is 2.62. The molecular weight excluding hydrogens is 208 g/mol. The second kappa shape index (κ2) is 5.58. The van der Waals surface area contributed by atoms with E-state index in [0.29, 0.717) is 6.10 Å². The van der Waals surface area contributed by atoms with E-state index in [4.69, 9.17) is 4.74 Å². The second-order valence-electron chi connectivity index (χ2n) is 3.95. The lowest BCUT2D eigenvalue weighted by molar-refractivity contribution is 0.110. The monoisotopic (exact) mass is 226 g/mol. The van der Waals surface area contributed by atoms with Crippen molar-refractivity contribution in [1.29, 1.82) is 0 Å². The van der Waals surface area contributed by atoms with E-state index in [0.717, 1.165) is 26.1 Å². The minimum absolute atomic E-state index is 0.451. The van der Waals surface area contributed by atoms with E-state index >= 15 is 0 Å². The Morgan fingerprint density at radius 1 is 1.67 bits per heavy atom. The Bertz CT molecular complexity index is 295. The molecule has 15 heavy (non-hydrogen) atoms. The van der Waals surface area contributed by atoms with E-state index in [1.807, 2.05) is 5.51 Å². The molecule has 1 unspecified atom stereocenters. The van der Waals surface area contributed by atoms with Crippen molar-refractivity contribution < 1.29 is 4.74 Å². The zero-order valence-electron chi connectivity index (χ0n) is 9.16. The first-order valence-electron chi connectivity index (χ1n) is 5.57. The van der Waals surface area contributed by atoms with E-state index in [1.54, 1.807) is 11.3 Å². The molecule has 0 spiro atoms. The molecule has 0 amide bonds. The van der Waals surface area contributed by atoms with Crippen LogP contribution in [0.4, 0.5) is 0 Å². The lowest BCUT2D eigenvalue weighted by Crippen LogP contribution is -2.27. The number of rotatable bonds is 5. The van der Waals surface area contributed by atoms with Gasteiger partial charge in [-0.15, -0.1) is 11.3 Å². The van der Waals surface area contributed by atoms with Crippen LogP contribution < -0.4 is 5.32 Å². The topological polar surface area (TPSA) is 34.2 Å². The smallest absolute Gasteiger partial charge is 0.0797 e. The first-order valence-corrected chi connectivity index (χ1v) is 6.45. The lowest BCUT2D eigenvalue weighted by atomic mass is 10.2. The fourth-order valence-electron chi connectivity index (χ4n) is 1.84. The van der Waals surface area contributed by atoms with Gasteiger partial charge in [0.15, 0.2) is 0 Å². The minimum Gasteiger partial charge on any atom is -0.377 e. The van der Waals surface area contributed by atoms with Crippen LogP contribution in [0.25, 0.3) is 0 Å². The number of hydrogen-bond acceptors (Lipinski definition) is 4. The number of nitrogens with zero attached hydrogens (tertiary/aromatic N) is 1. The fraction of sp³-hybridized carbons (Fsp3) is 0.727. The third-order valence-electron chi connectivity index (χ3n) is 2.77. The van der Waals surface area contributed by atoms with Crippen molar-refractivity contribution in [3.8, 4) is 0 Å². The van der Waals surface area contributed by atoms with Gasteiger partial charge in [0.1, 0.15) is 0 Å². The molecule has 3 nitrogen and oxygen atoms in total. The Morgan fingerprint density at radius 3 is 3.27 bits per heavy atom. The van der Waals surface area contributed by atoms with Gasteiger partial charge in [-0.05, 0) is 26.2 Å². The van der Waals surface area contributed by atoms with Crippen LogP contribution in [0.15, 0.2) is 5.51 Å². The average Bonchev–Trinajstić information content (AvgIpc) is 2.85. The summed E-state index contributed by atoms with van der Waals surface area (Å²) in [6, 6.07) is 0. The summed E-state index contributed by atoms with van der Waals surface area (Å²) in [5.41, 5.74) is 3.10. The Kier molecular flexibility index (Phi) is 4.11. The van der Waals surface area contributed by atoms with Crippen LogP contribution in [0.1, 0.15) is 23.4 Å². The number of aryl methyl sites for hydroxylation is 1. The van der Waals surface area contributed by atoms with Gasteiger partial charge < -0.3 is 10.1 Å². The lowest BCUT2D eigenvalue weighted by Gasteiger charge is -2.10. The first-order chi connectivity index (χ1) is 7.36. The summed E-state index contributed by atoms with van der Waals surface area (Å²) in [4.78, 5) is 5.64. The summed E-state index contributed by atoms with van der Waals surface area (Å²) >= 11 is 1.75. The van der Waals surface area contributed by atoms with Gasteiger partial charge in [-0.2, -0.15) is 0 Å². The molecule has 0 saturated carbocycles. The maximum absolute atomic E-state index is 5.54. The normalized spacial score (nSPS) is 21.0. The highest BCUT2D eigenvalue weighted by molar-refractivity contribution is 7.09. The third kappa shape index (κ3) is 3.26. The van der Waals surface area contributed by atoms with Crippen LogP contribution in [-0.4, -0.2) is 30.8 Å². The molecule has 1 aromatic rings.